The topological polar surface area (TPSA) is 169 Å². The molecule has 0 saturated heterocycles. The number of aromatic hydroxyl groups is 1. The minimum absolute atomic E-state index is 0.0623. The number of non-ortho nitro benzene ring substituents is 2. The predicted octanol–water partition coefficient (Wildman–Crippen LogP) is 8.09. The zero-order chi connectivity index (χ0) is 26.5. The SMILES string of the molecule is O=P(Br)(Br)Br.O=[N+]([O-])c1ccc2nc(Br)cc(Br)c2c1.O=c1cc(O)c2cc([N+](=O)[O-])ccc2[nH]1. The van der Waals surface area contributed by atoms with E-state index in [4.69, 9.17) is 0 Å². The third kappa shape index (κ3) is 9.35. The van der Waals surface area contributed by atoms with Gasteiger partial charge >= 0.3 is 0 Å². The van der Waals surface area contributed by atoms with Crippen molar-refractivity contribution in [2.45, 2.75) is 0 Å². The first kappa shape index (κ1) is 29.5. The van der Waals surface area contributed by atoms with Crippen molar-refractivity contribution in [3.05, 3.63) is 88.2 Å². The Bertz CT molecular complexity index is 1540. The number of halogens is 5. The Hall–Kier alpha value is -1.71. The van der Waals surface area contributed by atoms with Gasteiger partial charge in [0.15, 0.2) is 0 Å². The Morgan fingerprint density at radius 2 is 1.40 bits per heavy atom. The highest BCUT2D eigenvalue weighted by molar-refractivity contribution is 9.94. The lowest BCUT2D eigenvalue weighted by Gasteiger charge is -2.00. The molecule has 0 aliphatic heterocycles. The van der Waals surface area contributed by atoms with E-state index in [-0.39, 0.29) is 22.5 Å². The molecule has 0 fully saturated rings. The number of hydrogen-bond acceptors (Lipinski definition) is 8. The maximum atomic E-state index is 11.0. The van der Waals surface area contributed by atoms with E-state index in [9.17, 15) is 34.7 Å². The largest absolute Gasteiger partial charge is 0.507 e. The molecule has 2 N–H and O–H groups in total. The van der Waals surface area contributed by atoms with Crippen LogP contribution in [0.5, 0.6) is 5.75 Å². The van der Waals surface area contributed by atoms with Crippen molar-refractivity contribution >= 4 is 115 Å². The summed E-state index contributed by atoms with van der Waals surface area (Å²) in [4.78, 5) is 37.7. The highest BCUT2D eigenvalue weighted by Crippen LogP contribution is 2.68. The minimum Gasteiger partial charge on any atom is -0.507 e. The third-order valence-electron chi connectivity index (χ3n) is 3.94. The normalized spacial score (nSPS) is 10.7. The van der Waals surface area contributed by atoms with Gasteiger partial charge in [0, 0.05) is 92.0 Å². The second-order valence-electron chi connectivity index (χ2n) is 6.29. The second-order valence-corrected chi connectivity index (χ2v) is 26.3. The molecule has 0 radical (unpaired) electrons. The van der Waals surface area contributed by atoms with Crippen molar-refractivity contribution in [3.63, 3.8) is 0 Å². The number of nitrogens with zero attached hydrogens (tertiary/aromatic N) is 3. The van der Waals surface area contributed by atoms with Crippen LogP contribution in [-0.4, -0.2) is 24.9 Å². The summed E-state index contributed by atoms with van der Waals surface area (Å²) >= 11 is 14.9. The summed E-state index contributed by atoms with van der Waals surface area (Å²) < 4.78 is 9.24. The number of rotatable bonds is 2. The maximum Gasteiger partial charge on any atom is 0.270 e. The average Bonchev–Trinajstić information content (AvgIpc) is 2.72. The number of H-pyrrole nitrogens is 1. The van der Waals surface area contributed by atoms with Crippen LogP contribution in [0, 0.1) is 20.2 Å². The highest BCUT2D eigenvalue weighted by atomic mass is 80.0. The molecule has 17 heteroatoms. The summed E-state index contributed by atoms with van der Waals surface area (Å²) in [6.45, 7) is 0. The van der Waals surface area contributed by atoms with Crippen LogP contribution in [0.2, 0.25) is 0 Å². The van der Waals surface area contributed by atoms with Crippen LogP contribution in [0.25, 0.3) is 21.8 Å². The molecule has 0 saturated carbocycles. The average molecular weight is 825 g/mol. The standard InChI is InChI=1S/C9H4Br2N2O2.C9H6N2O4.Br3OP/c10-7-4-9(11)12-8-2-1-5(13(14)15)3-6(7)8;12-8-4-9(13)10-7-2-1-5(11(14)15)3-6(7)8;1-5(2,3)4/h1-4H;1-4H,(H2,10,12,13);. The fourth-order valence-corrected chi connectivity index (χ4v) is 3.86. The van der Waals surface area contributed by atoms with Crippen molar-refractivity contribution < 1.29 is 19.5 Å². The van der Waals surface area contributed by atoms with Crippen LogP contribution in [0.3, 0.4) is 0 Å². The molecule has 11 nitrogen and oxygen atoms in total. The molecule has 0 aliphatic rings. The van der Waals surface area contributed by atoms with E-state index in [1.54, 1.807) is 12.1 Å². The number of nitro groups is 2. The number of benzene rings is 2. The zero-order valence-electron chi connectivity index (χ0n) is 16.7. The monoisotopic (exact) mass is 820 g/mol. The number of nitro benzene ring substituents is 2. The fraction of sp³-hybridized carbons (Fsp3) is 0. The quantitative estimate of drug-likeness (QED) is 0.0885. The molecule has 4 aromatic rings. The molecule has 2 aromatic heterocycles. The first-order valence-corrected chi connectivity index (χ1v) is 18.1. The van der Waals surface area contributed by atoms with Crippen molar-refractivity contribution in [1.29, 1.82) is 0 Å². The van der Waals surface area contributed by atoms with Crippen molar-refractivity contribution in [2.24, 2.45) is 0 Å². The van der Waals surface area contributed by atoms with Crippen LogP contribution in [0.4, 0.5) is 11.4 Å². The van der Waals surface area contributed by atoms with E-state index >= 15 is 0 Å². The van der Waals surface area contributed by atoms with Gasteiger partial charge in [0.2, 0.25) is 0 Å². The second kappa shape index (κ2) is 12.5. The molecular weight excluding hydrogens is 815 g/mol. The van der Waals surface area contributed by atoms with Crippen LogP contribution in [0.1, 0.15) is 0 Å². The number of pyridine rings is 2. The molecule has 0 aliphatic carbocycles. The first-order valence-electron chi connectivity index (χ1n) is 8.75. The smallest absolute Gasteiger partial charge is 0.270 e. The number of aromatic nitrogens is 2. The summed E-state index contributed by atoms with van der Waals surface area (Å²) in [5.41, 5.74) is 0.554. The van der Waals surface area contributed by atoms with E-state index in [1.807, 2.05) is 0 Å². The molecule has 184 valence electrons. The van der Waals surface area contributed by atoms with Crippen LogP contribution < -0.4 is 5.56 Å². The van der Waals surface area contributed by atoms with E-state index in [0.717, 1.165) is 15.9 Å². The molecule has 0 spiro atoms. The molecule has 0 atom stereocenters. The molecule has 35 heavy (non-hydrogen) atoms. The summed E-state index contributed by atoms with van der Waals surface area (Å²) in [6, 6.07) is 11.2. The number of hydrogen-bond donors (Lipinski definition) is 2. The van der Waals surface area contributed by atoms with Gasteiger partial charge in [-0.25, -0.2) is 4.98 Å². The Labute approximate surface area is 236 Å². The van der Waals surface area contributed by atoms with E-state index in [0.29, 0.717) is 15.6 Å². The molecule has 4 rings (SSSR count). The highest BCUT2D eigenvalue weighted by Gasteiger charge is 2.10. The van der Waals surface area contributed by atoms with Gasteiger partial charge in [-0.2, -0.15) is 0 Å². The van der Waals surface area contributed by atoms with E-state index in [1.165, 1.54) is 30.3 Å². The lowest BCUT2D eigenvalue weighted by molar-refractivity contribution is -0.384. The molecule has 2 aromatic carbocycles. The summed E-state index contributed by atoms with van der Waals surface area (Å²) in [5, 5.41) is 31.5. The van der Waals surface area contributed by atoms with Gasteiger partial charge in [0.1, 0.15) is 10.4 Å². The van der Waals surface area contributed by atoms with Crippen LogP contribution >= 0.6 is 81.6 Å². The van der Waals surface area contributed by atoms with Gasteiger partial charge in [-0.3, -0.25) is 29.6 Å². The number of fused-ring (bicyclic) bond motifs is 2. The Kier molecular flexibility index (Phi) is 10.5. The molecule has 0 bridgehead atoms. The van der Waals surface area contributed by atoms with Crippen molar-refractivity contribution in [3.8, 4) is 5.75 Å². The lowest BCUT2D eigenvalue weighted by atomic mass is 10.2. The summed E-state index contributed by atoms with van der Waals surface area (Å²) in [6.07, 6.45) is 0. The first-order chi connectivity index (χ1) is 16.2. The molecule has 0 amide bonds. The maximum absolute atomic E-state index is 11.0. The number of nitrogens with one attached hydrogen (secondary N) is 1. The van der Waals surface area contributed by atoms with Gasteiger partial charge < -0.3 is 10.1 Å². The lowest BCUT2D eigenvalue weighted by Crippen LogP contribution is -2.03. The van der Waals surface area contributed by atoms with Gasteiger partial charge in [-0.1, -0.05) is 0 Å². The van der Waals surface area contributed by atoms with E-state index < -0.39 is 18.7 Å². The van der Waals surface area contributed by atoms with Crippen molar-refractivity contribution in [1.82, 2.24) is 9.97 Å². The Morgan fingerprint density at radius 3 is 1.94 bits per heavy atom. The summed E-state index contributed by atoms with van der Waals surface area (Å²) in [5.74, 6) is -0.266. The van der Waals surface area contributed by atoms with Crippen molar-refractivity contribution in [2.75, 3.05) is 0 Å². The third-order valence-corrected chi connectivity index (χ3v) is 5.00. The van der Waals surface area contributed by atoms with Gasteiger partial charge in [0.25, 0.3) is 20.2 Å². The van der Waals surface area contributed by atoms with Crippen LogP contribution in [0.15, 0.2) is 62.4 Å². The summed E-state index contributed by atoms with van der Waals surface area (Å²) in [7, 11) is 0. The van der Waals surface area contributed by atoms with Crippen LogP contribution in [-0.2, 0) is 4.57 Å². The van der Waals surface area contributed by atoms with Gasteiger partial charge in [-0.05, 0) is 50.1 Å². The molecular formula is C18H10Br5N4O7P. The Balaban J connectivity index is 0.000000208. The van der Waals surface area contributed by atoms with Gasteiger partial charge in [-0.15, -0.1) is 0 Å². The number of aromatic amines is 1. The fourth-order valence-electron chi connectivity index (χ4n) is 2.59. The Morgan fingerprint density at radius 1 is 0.886 bits per heavy atom. The molecule has 2 heterocycles. The van der Waals surface area contributed by atoms with Gasteiger partial charge in [0.05, 0.1) is 20.9 Å². The predicted molar refractivity (Wildman–Crippen MR) is 151 cm³/mol. The zero-order valence-corrected chi connectivity index (χ0v) is 25.5. The van der Waals surface area contributed by atoms with E-state index in [2.05, 4.69) is 88.3 Å². The minimum atomic E-state index is -2.20. The molecule has 0 unspecified atom stereocenters.